The molecule has 0 fully saturated rings. The van der Waals surface area contributed by atoms with Crippen molar-refractivity contribution in [2.24, 2.45) is 0 Å². The number of hydrogen-bond donors (Lipinski definition) is 1. The van der Waals surface area contributed by atoms with Crippen molar-refractivity contribution in [2.75, 3.05) is 19.8 Å². The second-order valence-electron chi connectivity index (χ2n) is 8.59. The Labute approximate surface area is 206 Å². The highest BCUT2D eigenvalue weighted by Gasteiger charge is 2.23. The van der Waals surface area contributed by atoms with Crippen LogP contribution in [0.15, 0.2) is 77.4 Å². The molecule has 35 heavy (non-hydrogen) atoms. The van der Waals surface area contributed by atoms with Crippen molar-refractivity contribution in [3.8, 4) is 17.3 Å². The lowest BCUT2D eigenvalue weighted by molar-refractivity contribution is 0.0166. The summed E-state index contributed by atoms with van der Waals surface area (Å²) in [5.74, 6) is 2.21. The third kappa shape index (κ3) is 6.60. The maximum absolute atomic E-state index is 10.6. The molecule has 1 unspecified atom stereocenters. The van der Waals surface area contributed by atoms with E-state index >= 15 is 0 Å². The van der Waals surface area contributed by atoms with Crippen molar-refractivity contribution in [3.05, 3.63) is 95.6 Å². The quantitative estimate of drug-likeness (QED) is 0.301. The predicted molar refractivity (Wildman–Crippen MR) is 135 cm³/mol. The van der Waals surface area contributed by atoms with Crippen molar-refractivity contribution in [1.82, 2.24) is 14.7 Å². The van der Waals surface area contributed by atoms with E-state index in [1.807, 2.05) is 92.2 Å². The maximum atomic E-state index is 10.6. The highest BCUT2D eigenvalue weighted by atomic mass is 16.5. The Hall–Kier alpha value is -3.39. The highest BCUT2D eigenvalue weighted by molar-refractivity contribution is 5.43. The number of aliphatic hydroxyl groups is 1. The minimum Gasteiger partial charge on any atom is -0.468 e. The summed E-state index contributed by atoms with van der Waals surface area (Å²) < 4.78 is 19.3. The first-order valence-electron chi connectivity index (χ1n) is 11.9. The molecule has 0 saturated heterocycles. The van der Waals surface area contributed by atoms with E-state index < -0.39 is 6.10 Å². The molecule has 1 N–H and O–H groups in total. The minimum absolute atomic E-state index is 0.278. The molecule has 0 saturated carbocycles. The van der Waals surface area contributed by atoms with E-state index in [9.17, 15) is 5.11 Å². The van der Waals surface area contributed by atoms with Gasteiger partial charge >= 0.3 is 0 Å². The number of nitrogens with zero attached hydrogens (tertiary/aromatic N) is 3. The van der Waals surface area contributed by atoms with E-state index in [1.54, 1.807) is 6.26 Å². The van der Waals surface area contributed by atoms with Gasteiger partial charge in [-0.2, -0.15) is 5.10 Å². The molecule has 2 aromatic carbocycles. The summed E-state index contributed by atoms with van der Waals surface area (Å²) in [7, 11) is 0. The first kappa shape index (κ1) is 24.7. The van der Waals surface area contributed by atoms with E-state index in [2.05, 4.69) is 4.90 Å². The van der Waals surface area contributed by atoms with Gasteiger partial charge in [-0.1, -0.05) is 35.9 Å². The zero-order chi connectivity index (χ0) is 24.6. The second-order valence-corrected chi connectivity index (χ2v) is 8.59. The van der Waals surface area contributed by atoms with Gasteiger partial charge in [0.25, 0.3) is 0 Å². The fraction of sp³-hybridized carbons (Fsp3) is 0.321. The molecular weight excluding hydrogens is 442 g/mol. The third-order valence-corrected chi connectivity index (χ3v) is 5.70. The van der Waals surface area contributed by atoms with Crippen LogP contribution in [0.3, 0.4) is 0 Å². The Kier molecular flexibility index (Phi) is 8.36. The lowest BCUT2D eigenvalue weighted by Crippen LogP contribution is -2.34. The summed E-state index contributed by atoms with van der Waals surface area (Å²) in [6.07, 6.45) is 1.03. The van der Waals surface area contributed by atoms with Crippen LogP contribution in [-0.4, -0.2) is 45.6 Å². The predicted octanol–water partition coefficient (Wildman–Crippen LogP) is 5.27. The van der Waals surface area contributed by atoms with Crippen LogP contribution in [0.1, 0.15) is 29.5 Å². The number of furan rings is 1. The Morgan fingerprint density at radius 1 is 1.00 bits per heavy atom. The average molecular weight is 476 g/mol. The van der Waals surface area contributed by atoms with Crippen LogP contribution in [0.2, 0.25) is 0 Å². The molecule has 0 bridgehead atoms. The molecule has 1 atom stereocenters. The van der Waals surface area contributed by atoms with Crippen molar-refractivity contribution >= 4 is 0 Å². The van der Waals surface area contributed by atoms with Crippen molar-refractivity contribution < 1.29 is 19.0 Å². The van der Waals surface area contributed by atoms with Gasteiger partial charge in [-0.05, 0) is 57.2 Å². The first-order valence-corrected chi connectivity index (χ1v) is 11.9. The van der Waals surface area contributed by atoms with Gasteiger partial charge in [0.05, 0.1) is 42.5 Å². The van der Waals surface area contributed by atoms with Crippen LogP contribution in [0.25, 0.3) is 5.69 Å². The lowest BCUT2D eigenvalue weighted by atomic mass is 10.2. The van der Waals surface area contributed by atoms with E-state index in [4.69, 9.17) is 19.0 Å². The summed E-state index contributed by atoms with van der Waals surface area (Å²) in [6, 6.07) is 21.7. The van der Waals surface area contributed by atoms with Crippen LogP contribution in [-0.2, 0) is 17.8 Å². The monoisotopic (exact) mass is 475 g/mol. The van der Waals surface area contributed by atoms with Gasteiger partial charge in [0, 0.05) is 19.7 Å². The summed E-state index contributed by atoms with van der Waals surface area (Å²) in [5.41, 5.74) is 3.89. The molecule has 2 aromatic heterocycles. The zero-order valence-electron chi connectivity index (χ0n) is 20.6. The third-order valence-electron chi connectivity index (χ3n) is 5.70. The molecule has 0 aliphatic rings. The molecule has 2 heterocycles. The largest absolute Gasteiger partial charge is 0.468 e. The van der Waals surface area contributed by atoms with Crippen LogP contribution in [0.4, 0.5) is 0 Å². The molecule has 0 spiro atoms. The van der Waals surface area contributed by atoms with Crippen LogP contribution < -0.4 is 4.74 Å². The van der Waals surface area contributed by atoms with Crippen molar-refractivity contribution in [2.45, 2.75) is 40.0 Å². The molecular formula is C28H33N3O4. The SMILES string of the molecule is CCOCC(O)CN(Cc1ccco1)Cc1c(C)nn(-c2ccccc2)c1Oc1ccc(C)cc1. The molecule has 4 rings (SSSR count). The molecule has 0 aliphatic heterocycles. The van der Waals surface area contributed by atoms with Gasteiger partial charge in [0.1, 0.15) is 11.5 Å². The topological polar surface area (TPSA) is 72.9 Å². The van der Waals surface area contributed by atoms with Gasteiger partial charge in [-0.15, -0.1) is 0 Å². The number of ether oxygens (including phenoxy) is 2. The Morgan fingerprint density at radius 2 is 1.77 bits per heavy atom. The summed E-state index contributed by atoms with van der Waals surface area (Å²) in [6.45, 7) is 8.27. The van der Waals surface area contributed by atoms with Gasteiger partial charge in [0.15, 0.2) is 0 Å². The lowest BCUT2D eigenvalue weighted by Gasteiger charge is -2.24. The Morgan fingerprint density at radius 3 is 2.46 bits per heavy atom. The van der Waals surface area contributed by atoms with Crippen LogP contribution in [0.5, 0.6) is 11.6 Å². The van der Waals surface area contributed by atoms with Crippen molar-refractivity contribution in [1.29, 1.82) is 0 Å². The summed E-state index contributed by atoms with van der Waals surface area (Å²) in [4.78, 5) is 2.13. The number of aryl methyl sites for hydroxylation is 2. The molecule has 7 nitrogen and oxygen atoms in total. The van der Waals surface area contributed by atoms with Gasteiger partial charge < -0.3 is 19.0 Å². The summed E-state index contributed by atoms with van der Waals surface area (Å²) >= 11 is 0. The van der Waals surface area contributed by atoms with Gasteiger partial charge in [-0.25, -0.2) is 4.68 Å². The van der Waals surface area contributed by atoms with Crippen LogP contribution >= 0.6 is 0 Å². The molecule has 0 radical (unpaired) electrons. The number of para-hydroxylation sites is 1. The van der Waals surface area contributed by atoms with E-state index in [0.717, 1.165) is 28.5 Å². The second kappa shape index (κ2) is 11.8. The first-order chi connectivity index (χ1) is 17.0. The minimum atomic E-state index is -0.629. The molecule has 0 amide bonds. The van der Waals surface area contributed by atoms with Crippen molar-refractivity contribution in [3.63, 3.8) is 0 Å². The maximum Gasteiger partial charge on any atom is 0.227 e. The van der Waals surface area contributed by atoms with Gasteiger partial charge in [0.2, 0.25) is 5.88 Å². The molecule has 4 aromatic rings. The fourth-order valence-corrected chi connectivity index (χ4v) is 3.92. The molecule has 7 heteroatoms. The smallest absolute Gasteiger partial charge is 0.227 e. The zero-order valence-corrected chi connectivity index (χ0v) is 20.6. The average Bonchev–Trinajstić information content (AvgIpc) is 3.48. The van der Waals surface area contributed by atoms with Gasteiger partial charge in [-0.3, -0.25) is 4.90 Å². The number of rotatable bonds is 12. The summed E-state index contributed by atoms with van der Waals surface area (Å²) in [5, 5.41) is 15.4. The molecule has 184 valence electrons. The molecule has 0 aliphatic carbocycles. The number of hydrogen-bond acceptors (Lipinski definition) is 6. The number of aromatic nitrogens is 2. The van der Waals surface area contributed by atoms with E-state index in [0.29, 0.717) is 32.1 Å². The standard InChI is InChI=1S/C28H33N3O4/c1-4-33-20-24(32)17-30(18-26-11-8-16-34-26)19-27-22(3)29-31(23-9-6-5-7-10-23)28(27)35-25-14-12-21(2)13-15-25/h5-16,24,32H,4,17-20H2,1-3H3. The Balaban J connectivity index is 1.68. The van der Waals surface area contributed by atoms with E-state index in [1.165, 1.54) is 5.56 Å². The van der Waals surface area contributed by atoms with E-state index in [-0.39, 0.29) is 6.61 Å². The number of aliphatic hydroxyl groups excluding tert-OH is 1. The number of benzene rings is 2. The Bertz CT molecular complexity index is 1170. The fourth-order valence-electron chi connectivity index (χ4n) is 3.92. The van der Waals surface area contributed by atoms with Crippen LogP contribution in [0, 0.1) is 13.8 Å². The highest BCUT2D eigenvalue weighted by Crippen LogP contribution is 2.32. The normalized spacial score (nSPS) is 12.3.